The van der Waals surface area contributed by atoms with E-state index in [1.54, 1.807) is 24.3 Å². The van der Waals surface area contributed by atoms with Gasteiger partial charge in [0, 0.05) is 12.6 Å². The molecule has 0 fully saturated rings. The van der Waals surface area contributed by atoms with E-state index in [1.165, 1.54) is 41.7 Å². The first-order valence-corrected chi connectivity index (χ1v) is 10.4. The number of amides is 1. The van der Waals surface area contributed by atoms with Gasteiger partial charge in [-0.25, -0.2) is 8.42 Å². The number of rotatable bonds is 5. The Morgan fingerprint density at radius 3 is 2.24 bits per heavy atom. The van der Waals surface area contributed by atoms with Crippen molar-refractivity contribution in [1.82, 2.24) is 0 Å². The van der Waals surface area contributed by atoms with E-state index < -0.39 is 15.9 Å². The first kappa shape index (κ1) is 20.4. The van der Waals surface area contributed by atoms with Crippen molar-refractivity contribution in [3.8, 4) is 5.75 Å². The Morgan fingerprint density at radius 1 is 0.931 bits per heavy atom. The number of hydrogen-bond acceptors (Lipinski definition) is 4. The number of aryl methyl sites for hydroxylation is 2. The fourth-order valence-electron chi connectivity index (χ4n) is 2.79. The molecule has 3 rings (SSSR count). The summed E-state index contributed by atoms with van der Waals surface area (Å²) in [7, 11) is -2.37. The van der Waals surface area contributed by atoms with Crippen LogP contribution in [0.1, 0.15) is 21.5 Å². The number of benzene rings is 3. The molecule has 0 unspecified atom stereocenters. The van der Waals surface area contributed by atoms with Crippen LogP contribution >= 0.6 is 0 Å². The van der Waals surface area contributed by atoms with Gasteiger partial charge in [-0.3, -0.25) is 9.10 Å². The maximum atomic E-state index is 13.0. The normalized spacial score (nSPS) is 11.1. The van der Waals surface area contributed by atoms with Gasteiger partial charge >= 0.3 is 0 Å². The Kier molecular flexibility index (Phi) is 5.61. The standard InChI is InChI=1S/C22H22N2O4S/c1-15-7-10-18(11-8-15)24(3)29(27,28)19-6-4-5-17(14-19)22(26)23-20-12-9-16(2)13-21(20)25/h4-14,25H,1-3H3,(H,23,26). The number of aromatic hydroxyl groups is 1. The fourth-order valence-corrected chi connectivity index (χ4v) is 4.03. The van der Waals surface area contributed by atoms with Crippen molar-refractivity contribution in [2.45, 2.75) is 18.7 Å². The molecule has 3 aromatic rings. The number of nitrogens with zero attached hydrogens (tertiary/aromatic N) is 1. The van der Waals surface area contributed by atoms with Crippen LogP contribution < -0.4 is 9.62 Å². The summed E-state index contributed by atoms with van der Waals surface area (Å²) in [5.74, 6) is -0.569. The van der Waals surface area contributed by atoms with Crippen LogP contribution in [0.3, 0.4) is 0 Å². The van der Waals surface area contributed by atoms with E-state index in [2.05, 4.69) is 5.32 Å². The molecule has 0 spiro atoms. The molecule has 0 radical (unpaired) electrons. The number of anilines is 2. The van der Waals surface area contributed by atoms with E-state index in [0.717, 1.165) is 11.1 Å². The fraction of sp³-hybridized carbons (Fsp3) is 0.136. The summed E-state index contributed by atoms with van der Waals surface area (Å²) >= 11 is 0. The molecule has 0 aliphatic rings. The summed E-state index contributed by atoms with van der Waals surface area (Å²) in [5.41, 5.74) is 2.83. The summed E-state index contributed by atoms with van der Waals surface area (Å²) in [6, 6.07) is 17.8. The number of sulfonamides is 1. The molecule has 0 aliphatic carbocycles. The lowest BCUT2D eigenvalue weighted by Gasteiger charge is -2.20. The molecule has 3 aromatic carbocycles. The highest BCUT2D eigenvalue weighted by molar-refractivity contribution is 7.92. The summed E-state index contributed by atoms with van der Waals surface area (Å²) in [6.07, 6.45) is 0. The van der Waals surface area contributed by atoms with E-state index in [-0.39, 0.29) is 21.9 Å². The first-order valence-electron chi connectivity index (χ1n) is 8.95. The van der Waals surface area contributed by atoms with Gasteiger partial charge in [0.05, 0.1) is 16.3 Å². The van der Waals surface area contributed by atoms with Gasteiger partial charge in [-0.15, -0.1) is 0 Å². The number of carbonyl (C=O) groups is 1. The highest BCUT2D eigenvalue weighted by Gasteiger charge is 2.22. The highest BCUT2D eigenvalue weighted by Crippen LogP contribution is 2.26. The van der Waals surface area contributed by atoms with Gasteiger partial charge in [0.1, 0.15) is 5.75 Å². The van der Waals surface area contributed by atoms with E-state index in [4.69, 9.17) is 0 Å². The molecule has 0 aliphatic heterocycles. The average Bonchev–Trinajstić information content (AvgIpc) is 2.70. The minimum Gasteiger partial charge on any atom is -0.506 e. The maximum Gasteiger partial charge on any atom is 0.264 e. The van der Waals surface area contributed by atoms with Gasteiger partial charge in [0.25, 0.3) is 15.9 Å². The molecular formula is C22H22N2O4S. The van der Waals surface area contributed by atoms with E-state index in [1.807, 2.05) is 26.0 Å². The molecule has 150 valence electrons. The van der Waals surface area contributed by atoms with Gasteiger partial charge in [0.15, 0.2) is 0 Å². The quantitative estimate of drug-likeness (QED) is 0.621. The highest BCUT2D eigenvalue weighted by atomic mass is 32.2. The van der Waals surface area contributed by atoms with Gasteiger partial charge in [-0.2, -0.15) is 0 Å². The second-order valence-corrected chi connectivity index (χ2v) is 8.78. The Balaban J connectivity index is 1.87. The van der Waals surface area contributed by atoms with Crippen LogP contribution in [-0.2, 0) is 10.0 Å². The van der Waals surface area contributed by atoms with E-state index >= 15 is 0 Å². The number of carbonyl (C=O) groups excluding carboxylic acids is 1. The van der Waals surface area contributed by atoms with Crippen molar-refractivity contribution in [2.24, 2.45) is 0 Å². The molecule has 29 heavy (non-hydrogen) atoms. The molecule has 0 saturated carbocycles. The predicted molar refractivity (Wildman–Crippen MR) is 114 cm³/mol. The molecule has 0 bridgehead atoms. The summed E-state index contributed by atoms with van der Waals surface area (Å²) in [4.78, 5) is 12.6. The van der Waals surface area contributed by atoms with Gasteiger partial charge in [0.2, 0.25) is 0 Å². The maximum absolute atomic E-state index is 13.0. The van der Waals surface area contributed by atoms with E-state index in [9.17, 15) is 18.3 Å². The second-order valence-electron chi connectivity index (χ2n) is 6.81. The summed E-state index contributed by atoms with van der Waals surface area (Å²) < 4.78 is 27.2. The number of hydrogen-bond donors (Lipinski definition) is 2. The molecule has 2 N–H and O–H groups in total. The lowest BCUT2D eigenvalue weighted by Crippen LogP contribution is -2.26. The first-order chi connectivity index (χ1) is 13.7. The number of phenolic OH excluding ortho intramolecular Hbond substituents is 1. The Morgan fingerprint density at radius 2 is 1.59 bits per heavy atom. The summed E-state index contributed by atoms with van der Waals surface area (Å²) in [5, 5.41) is 12.6. The average molecular weight is 410 g/mol. The Hall–Kier alpha value is -3.32. The lowest BCUT2D eigenvalue weighted by molar-refractivity contribution is 0.102. The number of phenols is 1. The van der Waals surface area contributed by atoms with Gasteiger partial charge in [-0.1, -0.05) is 29.8 Å². The largest absolute Gasteiger partial charge is 0.506 e. The molecule has 0 heterocycles. The third-order valence-electron chi connectivity index (χ3n) is 4.55. The van der Waals surface area contributed by atoms with Crippen LogP contribution in [-0.4, -0.2) is 26.5 Å². The predicted octanol–water partition coefficient (Wildman–Crippen LogP) is 4.09. The van der Waals surface area contributed by atoms with Crippen molar-refractivity contribution in [3.63, 3.8) is 0 Å². The Labute approximate surface area is 170 Å². The van der Waals surface area contributed by atoms with Crippen molar-refractivity contribution < 1.29 is 18.3 Å². The zero-order chi connectivity index (χ0) is 21.2. The topological polar surface area (TPSA) is 86.7 Å². The molecule has 0 aromatic heterocycles. The van der Waals surface area contributed by atoms with Crippen LogP contribution in [0.25, 0.3) is 0 Å². The van der Waals surface area contributed by atoms with Crippen molar-refractivity contribution in [2.75, 3.05) is 16.7 Å². The molecule has 1 amide bonds. The third kappa shape index (κ3) is 4.41. The van der Waals surface area contributed by atoms with Crippen LogP contribution in [0.4, 0.5) is 11.4 Å². The molecule has 0 saturated heterocycles. The van der Waals surface area contributed by atoms with Crippen molar-refractivity contribution in [1.29, 1.82) is 0 Å². The summed E-state index contributed by atoms with van der Waals surface area (Å²) in [6.45, 7) is 3.75. The van der Waals surface area contributed by atoms with Crippen LogP contribution in [0.5, 0.6) is 5.75 Å². The van der Waals surface area contributed by atoms with Gasteiger partial charge in [-0.05, 0) is 61.9 Å². The minimum absolute atomic E-state index is 0.00125. The number of nitrogens with one attached hydrogen (secondary N) is 1. The molecule has 7 heteroatoms. The second kappa shape index (κ2) is 7.97. The third-order valence-corrected chi connectivity index (χ3v) is 6.34. The van der Waals surface area contributed by atoms with Crippen LogP contribution in [0.2, 0.25) is 0 Å². The Bertz CT molecular complexity index is 1160. The molecule has 6 nitrogen and oxygen atoms in total. The molecular weight excluding hydrogens is 388 g/mol. The van der Waals surface area contributed by atoms with Crippen molar-refractivity contribution >= 4 is 27.3 Å². The van der Waals surface area contributed by atoms with Crippen molar-refractivity contribution in [3.05, 3.63) is 83.4 Å². The van der Waals surface area contributed by atoms with E-state index in [0.29, 0.717) is 5.69 Å². The molecule has 0 atom stereocenters. The smallest absolute Gasteiger partial charge is 0.264 e. The monoisotopic (exact) mass is 410 g/mol. The van der Waals surface area contributed by atoms with Crippen LogP contribution in [0.15, 0.2) is 71.6 Å². The zero-order valence-corrected chi connectivity index (χ0v) is 17.2. The lowest BCUT2D eigenvalue weighted by atomic mass is 10.2. The minimum atomic E-state index is -3.84. The zero-order valence-electron chi connectivity index (χ0n) is 16.4. The SMILES string of the molecule is Cc1ccc(N(C)S(=O)(=O)c2cccc(C(=O)Nc3ccc(C)cc3O)c2)cc1. The van der Waals surface area contributed by atoms with Crippen LogP contribution in [0, 0.1) is 13.8 Å². The van der Waals surface area contributed by atoms with Gasteiger partial charge < -0.3 is 10.4 Å².